The average Bonchev–Trinajstić information content (AvgIpc) is 2.63. The van der Waals surface area contributed by atoms with Gasteiger partial charge in [0, 0.05) is 17.8 Å². The van der Waals surface area contributed by atoms with Gasteiger partial charge in [-0.15, -0.1) is 0 Å². The molecule has 92 valence electrons. The molecular weight excluding hydrogens is 240 g/mol. The standard InChI is InChI=1S/C10H20N4S2/c1-12(2)9-11-10(16-15-9)14-8-6-4-5-7-13(14)3/h9H,4-8H2,1-3H3/p+1. The van der Waals surface area contributed by atoms with Crippen LogP contribution in [-0.2, 0) is 0 Å². The number of amidine groups is 1. The van der Waals surface area contributed by atoms with Crippen LogP contribution in [0.25, 0.3) is 0 Å². The predicted molar refractivity (Wildman–Crippen MR) is 72.4 cm³/mol. The first-order valence-electron chi connectivity index (χ1n) is 5.80. The Labute approximate surface area is 106 Å². The van der Waals surface area contributed by atoms with Gasteiger partial charge in [0.05, 0.1) is 6.54 Å². The number of nitrogens with one attached hydrogen (secondary N) is 1. The van der Waals surface area contributed by atoms with Gasteiger partial charge in [0.2, 0.25) is 5.50 Å². The molecule has 4 nitrogen and oxygen atoms in total. The number of hydrogen-bond acceptors (Lipinski definition) is 4. The van der Waals surface area contributed by atoms with E-state index in [0.29, 0.717) is 5.50 Å². The van der Waals surface area contributed by atoms with Gasteiger partial charge in [-0.05, 0) is 44.2 Å². The summed E-state index contributed by atoms with van der Waals surface area (Å²) in [5.41, 5.74) is 0.400. The van der Waals surface area contributed by atoms with Crippen LogP contribution in [0.4, 0.5) is 0 Å². The summed E-state index contributed by atoms with van der Waals surface area (Å²) < 4.78 is 2.40. The van der Waals surface area contributed by atoms with Crippen LogP contribution in [0.1, 0.15) is 19.3 Å². The number of hydrogen-bond donors (Lipinski definition) is 1. The molecule has 0 bridgehead atoms. The maximum absolute atomic E-state index is 3.57. The van der Waals surface area contributed by atoms with Gasteiger partial charge >= 0.3 is 5.17 Å². The molecule has 0 aromatic rings. The van der Waals surface area contributed by atoms with Crippen LogP contribution in [0.5, 0.6) is 0 Å². The van der Waals surface area contributed by atoms with E-state index in [0.717, 1.165) is 6.54 Å². The van der Waals surface area contributed by atoms with Crippen molar-refractivity contribution < 1.29 is 4.68 Å². The zero-order chi connectivity index (χ0) is 11.5. The molecule has 0 radical (unpaired) electrons. The Morgan fingerprint density at radius 2 is 2.19 bits per heavy atom. The number of hydrazone groups is 1. The molecule has 6 heteroatoms. The van der Waals surface area contributed by atoms with Gasteiger partial charge in [0.1, 0.15) is 6.54 Å². The normalized spacial score (nSPS) is 31.8. The fraction of sp³-hybridized carbons (Fsp3) is 0.900. The minimum Gasteiger partial charge on any atom is -0.262 e. The summed E-state index contributed by atoms with van der Waals surface area (Å²) in [6.45, 7) is 2.32. The minimum atomic E-state index is 0.400. The molecule has 0 saturated carbocycles. The van der Waals surface area contributed by atoms with E-state index in [9.17, 15) is 0 Å². The minimum absolute atomic E-state index is 0.400. The molecule has 2 saturated heterocycles. The largest absolute Gasteiger partial charge is 0.342 e. The lowest BCUT2D eigenvalue weighted by Gasteiger charge is -2.19. The summed E-state index contributed by atoms with van der Waals surface area (Å²) in [5, 5.41) is 7.22. The Kier molecular flexibility index (Phi) is 4.27. The Balaban J connectivity index is 2.08. The van der Waals surface area contributed by atoms with Crippen LogP contribution < -0.4 is 5.32 Å². The summed E-state index contributed by atoms with van der Waals surface area (Å²) in [4.78, 5) is 2.21. The van der Waals surface area contributed by atoms with Crippen molar-refractivity contribution in [2.75, 3.05) is 34.2 Å². The first-order chi connectivity index (χ1) is 7.68. The maximum Gasteiger partial charge on any atom is 0.342 e. The third-order valence-corrected chi connectivity index (χ3v) is 5.55. The monoisotopic (exact) mass is 261 g/mol. The van der Waals surface area contributed by atoms with Gasteiger partial charge in [-0.3, -0.25) is 9.91 Å². The van der Waals surface area contributed by atoms with Crippen LogP contribution in [-0.4, -0.2) is 59.5 Å². The topological polar surface area (TPSA) is 21.5 Å². The van der Waals surface area contributed by atoms with E-state index in [-0.39, 0.29) is 0 Å². The SMILES string of the molecule is CN(C)C1NC(=[N+]2CCCCCN2C)SS1. The second kappa shape index (κ2) is 5.51. The highest BCUT2D eigenvalue weighted by Gasteiger charge is 2.33. The summed E-state index contributed by atoms with van der Waals surface area (Å²) in [7, 11) is 10.2. The van der Waals surface area contributed by atoms with Crippen LogP contribution in [0.3, 0.4) is 0 Å². The van der Waals surface area contributed by atoms with Gasteiger partial charge in [-0.1, -0.05) is 0 Å². The fourth-order valence-electron chi connectivity index (χ4n) is 1.90. The number of nitrogens with zero attached hydrogens (tertiary/aromatic N) is 3. The van der Waals surface area contributed by atoms with E-state index in [1.165, 1.54) is 31.0 Å². The van der Waals surface area contributed by atoms with E-state index < -0.39 is 0 Å². The zero-order valence-electron chi connectivity index (χ0n) is 10.3. The van der Waals surface area contributed by atoms with Crippen LogP contribution in [0.15, 0.2) is 0 Å². The van der Waals surface area contributed by atoms with Crippen molar-refractivity contribution in [1.29, 1.82) is 0 Å². The molecule has 0 aromatic heterocycles. The molecule has 0 amide bonds. The van der Waals surface area contributed by atoms with Crippen molar-refractivity contribution >= 4 is 26.8 Å². The molecule has 16 heavy (non-hydrogen) atoms. The third kappa shape index (κ3) is 2.78. The second-order valence-electron chi connectivity index (χ2n) is 4.51. The summed E-state index contributed by atoms with van der Waals surface area (Å²) in [6.07, 6.45) is 3.96. The molecule has 2 aliphatic rings. The highest BCUT2D eigenvalue weighted by molar-refractivity contribution is 8.83. The number of hydrazine groups is 1. The molecule has 2 rings (SSSR count). The van der Waals surface area contributed by atoms with Crippen molar-refractivity contribution in [2.45, 2.75) is 24.8 Å². The van der Waals surface area contributed by atoms with E-state index >= 15 is 0 Å². The molecule has 2 fully saturated rings. The highest BCUT2D eigenvalue weighted by atomic mass is 33.1. The first-order valence-corrected chi connectivity index (χ1v) is 8.01. The lowest BCUT2D eigenvalue weighted by atomic mass is 10.2. The highest BCUT2D eigenvalue weighted by Crippen LogP contribution is 2.34. The lowest BCUT2D eigenvalue weighted by molar-refractivity contribution is -0.681. The second-order valence-corrected chi connectivity index (χ2v) is 6.78. The van der Waals surface area contributed by atoms with Crippen LogP contribution in [0.2, 0.25) is 0 Å². The van der Waals surface area contributed by atoms with Crippen molar-refractivity contribution in [3.05, 3.63) is 0 Å². The molecule has 1 unspecified atom stereocenters. The molecule has 0 aromatic carbocycles. The van der Waals surface area contributed by atoms with Crippen LogP contribution in [0, 0.1) is 0 Å². The van der Waals surface area contributed by atoms with E-state index in [4.69, 9.17) is 0 Å². The Morgan fingerprint density at radius 1 is 1.38 bits per heavy atom. The predicted octanol–water partition coefficient (Wildman–Crippen LogP) is 1.22. The Bertz CT molecular complexity index is 280. The van der Waals surface area contributed by atoms with E-state index in [1.54, 1.807) is 0 Å². The molecule has 0 spiro atoms. The molecule has 1 atom stereocenters. The quantitative estimate of drug-likeness (QED) is 0.564. The Morgan fingerprint density at radius 3 is 2.88 bits per heavy atom. The third-order valence-electron chi connectivity index (χ3n) is 2.93. The first kappa shape index (κ1) is 12.4. The lowest BCUT2D eigenvalue weighted by Crippen LogP contribution is -2.43. The molecular formula is C10H21N4S2+. The van der Waals surface area contributed by atoms with Gasteiger partial charge in [0.25, 0.3) is 0 Å². The average molecular weight is 261 g/mol. The van der Waals surface area contributed by atoms with Gasteiger partial charge in [0.15, 0.2) is 0 Å². The van der Waals surface area contributed by atoms with Crippen molar-refractivity contribution in [3.8, 4) is 0 Å². The molecule has 1 N–H and O–H groups in total. The van der Waals surface area contributed by atoms with Crippen molar-refractivity contribution in [1.82, 2.24) is 15.2 Å². The smallest absolute Gasteiger partial charge is 0.262 e. The Hall–Kier alpha value is -0.0700. The van der Waals surface area contributed by atoms with Gasteiger partial charge in [-0.2, -0.15) is 4.68 Å². The van der Waals surface area contributed by atoms with Crippen molar-refractivity contribution in [2.24, 2.45) is 0 Å². The maximum atomic E-state index is 3.57. The summed E-state index contributed by atoms with van der Waals surface area (Å²) in [5.74, 6) is 0. The molecule has 2 aliphatic heterocycles. The fourth-order valence-corrected chi connectivity index (χ4v) is 4.58. The van der Waals surface area contributed by atoms with Gasteiger partial charge in [-0.25, -0.2) is 5.32 Å². The number of rotatable bonds is 1. The van der Waals surface area contributed by atoms with Crippen molar-refractivity contribution in [3.63, 3.8) is 0 Å². The summed E-state index contributed by atoms with van der Waals surface area (Å²) >= 11 is 0. The van der Waals surface area contributed by atoms with E-state index in [2.05, 4.69) is 41.1 Å². The zero-order valence-corrected chi connectivity index (χ0v) is 11.9. The van der Waals surface area contributed by atoms with E-state index in [1.807, 2.05) is 21.6 Å². The summed E-state index contributed by atoms with van der Waals surface area (Å²) in [6, 6.07) is 0. The van der Waals surface area contributed by atoms with Gasteiger partial charge < -0.3 is 0 Å². The van der Waals surface area contributed by atoms with Crippen LogP contribution >= 0.6 is 21.6 Å². The molecule has 2 heterocycles. The molecule has 0 aliphatic carbocycles.